The Labute approximate surface area is 204 Å². The number of phenols is 2. The molecule has 0 spiro atoms. The van der Waals surface area contributed by atoms with Crippen molar-refractivity contribution in [3.63, 3.8) is 0 Å². The predicted molar refractivity (Wildman–Crippen MR) is 144 cm³/mol. The first-order valence-corrected chi connectivity index (χ1v) is 11.8. The molecule has 35 heavy (non-hydrogen) atoms. The smallest absolute Gasteiger partial charge is 0.128 e. The van der Waals surface area contributed by atoms with Crippen molar-refractivity contribution in [2.75, 3.05) is 0 Å². The molecule has 2 N–H and O–H groups in total. The first-order chi connectivity index (χ1) is 17.2. The SMILES string of the molecule is Oc1ccc2ccccc2c1-c1c(O)c(C(c2ccccc2)c2ccccc2)cc2ccccc12. The van der Waals surface area contributed by atoms with Crippen molar-refractivity contribution in [2.24, 2.45) is 0 Å². The van der Waals surface area contributed by atoms with Crippen molar-refractivity contribution < 1.29 is 10.2 Å². The fraction of sp³-hybridized carbons (Fsp3) is 0.0303. The van der Waals surface area contributed by atoms with Gasteiger partial charge in [0.1, 0.15) is 11.5 Å². The molecular formula is C33H24O2. The van der Waals surface area contributed by atoms with E-state index in [2.05, 4.69) is 36.4 Å². The van der Waals surface area contributed by atoms with Crippen LogP contribution in [0.1, 0.15) is 22.6 Å². The summed E-state index contributed by atoms with van der Waals surface area (Å²) in [7, 11) is 0. The predicted octanol–water partition coefficient (Wildman–Crippen LogP) is 8.25. The molecule has 0 aliphatic carbocycles. The molecule has 0 aliphatic heterocycles. The lowest BCUT2D eigenvalue weighted by atomic mass is 9.81. The van der Waals surface area contributed by atoms with Crippen LogP contribution in [0, 0.1) is 0 Å². The zero-order valence-corrected chi connectivity index (χ0v) is 19.1. The summed E-state index contributed by atoms with van der Waals surface area (Å²) in [4.78, 5) is 0. The average Bonchev–Trinajstić information content (AvgIpc) is 2.91. The summed E-state index contributed by atoms with van der Waals surface area (Å²) in [5, 5.41) is 26.9. The first-order valence-electron chi connectivity index (χ1n) is 11.8. The average molecular weight is 453 g/mol. The maximum atomic E-state index is 12.0. The molecule has 6 aromatic carbocycles. The van der Waals surface area contributed by atoms with Crippen molar-refractivity contribution in [2.45, 2.75) is 5.92 Å². The van der Waals surface area contributed by atoms with Crippen molar-refractivity contribution in [3.8, 4) is 22.6 Å². The molecule has 0 amide bonds. The molecular weight excluding hydrogens is 428 g/mol. The molecule has 0 saturated carbocycles. The number of rotatable bonds is 4. The lowest BCUT2D eigenvalue weighted by Gasteiger charge is -2.23. The van der Waals surface area contributed by atoms with Crippen LogP contribution < -0.4 is 0 Å². The van der Waals surface area contributed by atoms with Gasteiger partial charge >= 0.3 is 0 Å². The molecule has 0 atom stereocenters. The molecule has 0 fully saturated rings. The van der Waals surface area contributed by atoms with E-state index in [1.807, 2.05) is 84.9 Å². The largest absolute Gasteiger partial charge is 0.507 e. The highest BCUT2D eigenvalue weighted by Gasteiger charge is 2.25. The van der Waals surface area contributed by atoms with Crippen molar-refractivity contribution in [3.05, 3.63) is 144 Å². The molecule has 168 valence electrons. The molecule has 0 bridgehead atoms. The van der Waals surface area contributed by atoms with Gasteiger partial charge in [0.2, 0.25) is 0 Å². The van der Waals surface area contributed by atoms with E-state index in [9.17, 15) is 10.2 Å². The van der Waals surface area contributed by atoms with Crippen LogP contribution in [0.15, 0.2) is 127 Å². The Bertz CT molecular complexity index is 1610. The van der Waals surface area contributed by atoms with Gasteiger partial charge < -0.3 is 10.2 Å². The van der Waals surface area contributed by atoms with Gasteiger partial charge in [-0.3, -0.25) is 0 Å². The minimum atomic E-state index is -0.169. The summed E-state index contributed by atoms with van der Waals surface area (Å²) in [6.07, 6.45) is 0. The fourth-order valence-electron chi connectivity index (χ4n) is 5.20. The van der Waals surface area contributed by atoms with Crippen molar-refractivity contribution in [1.82, 2.24) is 0 Å². The van der Waals surface area contributed by atoms with Crippen LogP contribution in [0.25, 0.3) is 32.7 Å². The van der Waals surface area contributed by atoms with E-state index in [0.29, 0.717) is 11.1 Å². The number of benzene rings is 6. The van der Waals surface area contributed by atoms with E-state index < -0.39 is 0 Å². The summed E-state index contributed by atoms with van der Waals surface area (Å²) >= 11 is 0. The minimum absolute atomic E-state index is 0.150. The maximum absolute atomic E-state index is 12.0. The summed E-state index contributed by atoms with van der Waals surface area (Å²) in [5.74, 6) is 0.170. The molecule has 0 aromatic heterocycles. The number of aromatic hydroxyl groups is 2. The molecule has 2 nitrogen and oxygen atoms in total. The highest BCUT2D eigenvalue weighted by Crippen LogP contribution is 2.49. The van der Waals surface area contributed by atoms with Gasteiger partial charge in [0.05, 0.1) is 0 Å². The Balaban J connectivity index is 1.73. The van der Waals surface area contributed by atoms with E-state index >= 15 is 0 Å². The lowest BCUT2D eigenvalue weighted by molar-refractivity contribution is 0.465. The Kier molecular flexibility index (Phi) is 5.20. The topological polar surface area (TPSA) is 40.5 Å². The molecule has 6 rings (SSSR count). The standard InChI is InChI=1S/C33H24O2/c34-29-20-19-22-11-7-9-17-26(22)31(29)32-27-18-10-8-16-25(27)21-28(33(32)35)30(23-12-3-1-4-13-23)24-14-5-2-6-15-24/h1-21,30,34-35H. The van der Waals surface area contributed by atoms with Crippen LogP contribution in [0.2, 0.25) is 0 Å². The van der Waals surface area contributed by atoms with Crippen molar-refractivity contribution >= 4 is 21.5 Å². The van der Waals surface area contributed by atoms with Crippen LogP contribution in [0.3, 0.4) is 0 Å². The highest BCUT2D eigenvalue weighted by atomic mass is 16.3. The van der Waals surface area contributed by atoms with Crippen LogP contribution in [0.4, 0.5) is 0 Å². The Hall–Kier alpha value is -4.56. The van der Waals surface area contributed by atoms with Gasteiger partial charge in [0.25, 0.3) is 0 Å². The van der Waals surface area contributed by atoms with Gasteiger partial charge in [0.15, 0.2) is 0 Å². The van der Waals surface area contributed by atoms with Crippen LogP contribution >= 0.6 is 0 Å². The normalized spacial score (nSPS) is 11.3. The van der Waals surface area contributed by atoms with Crippen molar-refractivity contribution in [1.29, 1.82) is 0 Å². The molecule has 0 unspecified atom stereocenters. The van der Waals surface area contributed by atoms with Crippen LogP contribution in [0.5, 0.6) is 11.5 Å². The van der Waals surface area contributed by atoms with E-state index in [-0.39, 0.29) is 17.4 Å². The molecule has 0 radical (unpaired) electrons. The first kappa shape index (κ1) is 21.0. The second-order valence-corrected chi connectivity index (χ2v) is 8.85. The molecule has 0 aliphatic rings. The zero-order valence-electron chi connectivity index (χ0n) is 19.1. The number of fused-ring (bicyclic) bond motifs is 2. The van der Waals surface area contributed by atoms with Gasteiger partial charge in [-0.2, -0.15) is 0 Å². The van der Waals surface area contributed by atoms with Crippen LogP contribution in [-0.4, -0.2) is 10.2 Å². The summed E-state index contributed by atoms with van der Waals surface area (Å²) in [5.41, 5.74) is 4.31. The Morgan fingerprint density at radius 3 is 1.60 bits per heavy atom. The van der Waals surface area contributed by atoms with Gasteiger partial charge in [-0.15, -0.1) is 0 Å². The van der Waals surface area contributed by atoms with Gasteiger partial charge in [-0.1, -0.05) is 115 Å². The van der Waals surface area contributed by atoms with Crippen LogP contribution in [-0.2, 0) is 0 Å². The lowest BCUT2D eigenvalue weighted by Crippen LogP contribution is -2.05. The summed E-state index contributed by atoms with van der Waals surface area (Å²) < 4.78 is 0. The number of hydrogen-bond donors (Lipinski definition) is 2. The van der Waals surface area contributed by atoms with Gasteiger partial charge in [-0.05, 0) is 44.8 Å². The maximum Gasteiger partial charge on any atom is 0.128 e. The van der Waals surface area contributed by atoms with E-state index in [0.717, 1.165) is 38.2 Å². The Morgan fingerprint density at radius 1 is 0.457 bits per heavy atom. The third-order valence-electron chi connectivity index (χ3n) is 6.79. The molecule has 6 aromatic rings. The van der Waals surface area contributed by atoms with E-state index in [4.69, 9.17) is 0 Å². The second-order valence-electron chi connectivity index (χ2n) is 8.85. The van der Waals surface area contributed by atoms with E-state index in [1.165, 1.54) is 0 Å². The monoisotopic (exact) mass is 452 g/mol. The molecule has 2 heteroatoms. The van der Waals surface area contributed by atoms with Gasteiger partial charge in [-0.25, -0.2) is 0 Å². The summed E-state index contributed by atoms with van der Waals surface area (Å²) in [6.45, 7) is 0. The molecule has 0 heterocycles. The number of hydrogen-bond acceptors (Lipinski definition) is 2. The third-order valence-corrected chi connectivity index (χ3v) is 6.79. The zero-order chi connectivity index (χ0) is 23.8. The fourth-order valence-corrected chi connectivity index (χ4v) is 5.20. The third kappa shape index (κ3) is 3.60. The van der Waals surface area contributed by atoms with Gasteiger partial charge in [0, 0.05) is 22.6 Å². The Morgan fingerprint density at radius 2 is 0.971 bits per heavy atom. The number of phenolic OH excluding ortho intramolecular Hbond substituents is 2. The highest BCUT2D eigenvalue weighted by molar-refractivity contribution is 6.10. The molecule has 0 saturated heterocycles. The summed E-state index contributed by atoms with van der Waals surface area (Å²) in [6, 6.07) is 42.3. The minimum Gasteiger partial charge on any atom is -0.507 e. The van der Waals surface area contributed by atoms with E-state index in [1.54, 1.807) is 6.07 Å². The quantitative estimate of drug-likeness (QED) is 0.264. The second kappa shape index (κ2) is 8.66.